The van der Waals surface area contributed by atoms with E-state index >= 15 is 0 Å². The van der Waals surface area contributed by atoms with Crippen molar-refractivity contribution in [3.63, 3.8) is 0 Å². The normalized spacial score (nSPS) is 11.1. The zero-order valence-electron chi connectivity index (χ0n) is 28.6. The van der Waals surface area contributed by atoms with Gasteiger partial charge in [-0.3, -0.25) is 0 Å². The number of para-hydroxylation sites is 1. The van der Waals surface area contributed by atoms with Gasteiger partial charge in [0.1, 0.15) is 11.3 Å². The summed E-state index contributed by atoms with van der Waals surface area (Å²) in [6.07, 6.45) is 0. The predicted octanol–water partition coefficient (Wildman–Crippen LogP) is 14.2. The van der Waals surface area contributed by atoms with E-state index in [-0.39, 0.29) is 0 Å². The first-order valence-corrected chi connectivity index (χ1v) is 17.7. The highest BCUT2D eigenvalue weighted by Crippen LogP contribution is 2.38. The van der Waals surface area contributed by atoms with E-state index in [1.54, 1.807) is 0 Å². The average molecular weight is 666 g/mol. The molecule has 0 bridgehead atoms. The van der Waals surface area contributed by atoms with Gasteiger partial charge in [0.05, 0.1) is 0 Å². The Morgan fingerprint density at radius 3 is 0.962 bits per heavy atom. The summed E-state index contributed by atoms with van der Waals surface area (Å²) in [5.74, 6) is 0.882. The molecule has 9 rings (SSSR count). The van der Waals surface area contributed by atoms with E-state index in [2.05, 4.69) is 199 Å². The summed E-state index contributed by atoms with van der Waals surface area (Å²) in [5.41, 5.74) is 14.8. The van der Waals surface area contributed by atoms with Crippen molar-refractivity contribution >= 4 is 28.0 Å². The van der Waals surface area contributed by atoms with Crippen molar-refractivity contribution in [1.82, 2.24) is 0 Å². The van der Waals surface area contributed by atoms with Gasteiger partial charge in [-0.15, -0.1) is 0 Å². The van der Waals surface area contributed by atoms with E-state index in [4.69, 9.17) is 4.42 Å². The molecule has 0 spiro atoms. The second kappa shape index (κ2) is 13.8. The Balaban J connectivity index is 1.01. The summed E-state index contributed by atoms with van der Waals surface area (Å²) < 4.78 is 6.11. The second-order valence-corrected chi connectivity index (χ2v) is 13.0. The maximum atomic E-state index is 6.11. The van der Waals surface area contributed by atoms with Crippen LogP contribution in [0.2, 0.25) is 0 Å². The molecule has 1 aromatic heterocycles. The van der Waals surface area contributed by atoms with Crippen LogP contribution in [-0.4, -0.2) is 0 Å². The van der Waals surface area contributed by atoms with Gasteiger partial charge in [0.2, 0.25) is 0 Å². The number of nitrogens with zero attached hydrogens (tertiary/aromatic N) is 1. The minimum Gasteiger partial charge on any atom is -0.456 e. The number of rotatable bonds is 8. The number of anilines is 3. The Bertz CT molecular complexity index is 2520. The molecule has 0 aliphatic carbocycles. The number of benzene rings is 8. The smallest absolute Gasteiger partial charge is 0.135 e. The lowest BCUT2D eigenvalue weighted by Gasteiger charge is -2.26. The highest BCUT2D eigenvalue weighted by molar-refractivity contribution is 5.84. The predicted molar refractivity (Wildman–Crippen MR) is 218 cm³/mol. The molecule has 9 aromatic rings. The van der Waals surface area contributed by atoms with Gasteiger partial charge in [0, 0.05) is 28.0 Å². The Hall–Kier alpha value is -6.90. The van der Waals surface area contributed by atoms with Gasteiger partial charge in [-0.2, -0.15) is 0 Å². The molecule has 2 heteroatoms. The molecule has 0 unspecified atom stereocenters. The van der Waals surface area contributed by atoms with E-state index in [0.717, 1.165) is 50.5 Å². The minimum absolute atomic E-state index is 0.882. The van der Waals surface area contributed by atoms with E-state index in [1.165, 1.54) is 33.4 Å². The Morgan fingerprint density at radius 2 is 0.577 bits per heavy atom. The minimum atomic E-state index is 0.882. The first kappa shape index (κ1) is 31.1. The third kappa shape index (κ3) is 6.30. The average Bonchev–Trinajstić information content (AvgIpc) is 3.67. The molecule has 0 atom stereocenters. The quantitative estimate of drug-likeness (QED) is 0.161. The van der Waals surface area contributed by atoms with Crippen LogP contribution in [0, 0.1) is 0 Å². The topological polar surface area (TPSA) is 16.4 Å². The first-order valence-electron chi connectivity index (χ1n) is 17.7. The molecule has 52 heavy (non-hydrogen) atoms. The highest BCUT2D eigenvalue weighted by atomic mass is 16.3. The SMILES string of the molecule is c1ccc(-c2ccc(-c3ccc(N(c4ccc(-c5ccccc5)cc4)c4ccc(-c5ccc(-c6cc7ccccc7o6)cc5)cc4)cc3)cc2)cc1. The molecule has 0 saturated heterocycles. The molecule has 0 aliphatic rings. The van der Waals surface area contributed by atoms with Crippen LogP contribution in [0.4, 0.5) is 17.1 Å². The molecule has 2 nitrogen and oxygen atoms in total. The summed E-state index contributed by atoms with van der Waals surface area (Å²) in [4.78, 5) is 2.32. The van der Waals surface area contributed by atoms with Crippen molar-refractivity contribution in [3.8, 4) is 55.8 Å². The van der Waals surface area contributed by atoms with Crippen LogP contribution in [0.15, 0.2) is 217 Å². The van der Waals surface area contributed by atoms with Crippen molar-refractivity contribution < 1.29 is 4.42 Å². The lowest BCUT2D eigenvalue weighted by Crippen LogP contribution is -2.09. The highest BCUT2D eigenvalue weighted by Gasteiger charge is 2.14. The van der Waals surface area contributed by atoms with Gasteiger partial charge in [-0.1, -0.05) is 164 Å². The summed E-state index contributed by atoms with van der Waals surface area (Å²) >= 11 is 0. The third-order valence-electron chi connectivity index (χ3n) is 9.74. The van der Waals surface area contributed by atoms with E-state index in [9.17, 15) is 0 Å². The number of hydrogen-bond acceptors (Lipinski definition) is 2. The zero-order valence-corrected chi connectivity index (χ0v) is 28.6. The summed E-state index contributed by atoms with van der Waals surface area (Å²) in [7, 11) is 0. The standard InChI is InChI=1S/C50H35NO/c1-3-9-36(10-4-1)38-15-17-39(18-16-38)42-25-31-47(32-26-42)51(46-29-23-41(24-30-46)37-11-5-2-6-12-37)48-33-27-43(28-34-48)40-19-21-44(22-20-40)50-35-45-13-7-8-14-49(45)52-50/h1-35H. The molecule has 0 radical (unpaired) electrons. The fraction of sp³-hybridized carbons (Fsp3) is 0. The van der Waals surface area contributed by atoms with Crippen LogP contribution < -0.4 is 4.90 Å². The van der Waals surface area contributed by atoms with Gasteiger partial charge in [-0.05, 0) is 93.0 Å². The summed E-state index contributed by atoms with van der Waals surface area (Å²) in [5, 5.41) is 1.11. The molecular weight excluding hydrogens is 631 g/mol. The molecule has 8 aromatic carbocycles. The largest absolute Gasteiger partial charge is 0.456 e. The number of furan rings is 1. The third-order valence-corrected chi connectivity index (χ3v) is 9.74. The van der Waals surface area contributed by atoms with Gasteiger partial charge < -0.3 is 9.32 Å². The molecule has 0 N–H and O–H groups in total. The maximum absolute atomic E-state index is 6.11. The van der Waals surface area contributed by atoms with Crippen molar-refractivity contribution in [2.24, 2.45) is 0 Å². The molecule has 1 heterocycles. The van der Waals surface area contributed by atoms with Crippen LogP contribution in [0.1, 0.15) is 0 Å². The van der Waals surface area contributed by atoms with Crippen molar-refractivity contribution in [1.29, 1.82) is 0 Å². The fourth-order valence-electron chi connectivity index (χ4n) is 6.92. The molecule has 0 amide bonds. The Kier molecular flexibility index (Phi) is 8.24. The van der Waals surface area contributed by atoms with Crippen LogP contribution in [0.3, 0.4) is 0 Å². The number of fused-ring (bicyclic) bond motifs is 1. The number of hydrogen-bond donors (Lipinski definition) is 0. The molecule has 0 aliphatic heterocycles. The Morgan fingerprint density at radius 1 is 0.269 bits per heavy atom. The van der Waals surface area contributed by atoms with E-state index in [1.807, 2.05) is 18.2 Å². The lowest BCUT2D eigenvalue weighted by molar-refractivity contribution is 0.631. The van der Waals surface area contributed by atoms with Crippen LogP contribution in [-0.2, 0) is 0 Å². The molecule has 0 saturated carbocycles. The van der Waals surface area contributed by atoms with Crippen molar-refractivity contribution in [2.75, 3.05) is 4.90 Å². The van der Waals surface area contributed by atoms with Gasteiger partial charge in [-0.25, -0.2) is 0 Å². The van der Waals surface area contributed by atoms with Crippen LogP contribution in [0.25, 0.3) is 66.8 Å². The van der Waals surface area contributed by atoms with Crippen molar-refractivity contribution in [2.45, 2.75) is 0 Å². The van der Waals surface area contributed by atoms with Gasteiger partial charge >= 0.3 is 0 Å². The monoisotopic (exact) mass is 665 g/mol. The second-order valence-electron chi connectivity index (χ2n) is 13.0. The Labute approximate surface area is 304 Å². The van der Waals surface area contributed by atoms with E-state index in [0.29, 0.717) is 0 Å². The zero-order chi connectivity index (χ0) is 34.7. The van der Waals surface area contributed by atoms with Gasteiger partial charge in [0.15, 0.2) is 0 Å². The van der Waals surface area contributed by atoms with Crippen LogP contribution in [0.5, 0.6) is 0 Å². The fourth-order valence-corrected chi connectivity index (χ4v) is 6.92. The van der Waals surface area contributed by atoms with Crippen molar-refractivity contribution in [3.05, 3.63) is 212 Å². The van der Waals surface area contributed by atoms with Crippen LogP contribution >= 0.6 is 0 Å². The first-order chi connectivity index (χ1) is 25.7. The molecule has 246 valence electrons. The maximum Gasteiger partial charge on any atom is 0.135 e. The molecular formula is C50H35NO. The van der Waals surface area contributed by atoms with Gasteiger partial charge in [0.25, 0.3) is 0 Å². The lowest BCUT2D eigenvalue weighted by atomic mass is 10.00. The van der Waals surface area contributed by atoms with E-state index < -0.39 is 0 Å². The summed E-state index contributed by atoms with van der Waals surface area (Å²) in [6.45, 7) is 0. The summed E-state index contributed by atoms with van der Waals surface area (Å²) in [6, 6.07) is 75.3. The molecule has 0 fully saturated rings.